The second kappa shape index (κ2) is 6.42. The zero-order valence-electron chi connectivity index (χ0n) is 12.7. The van der Waals surface area contributed by atoms with Crippen molar-refractivity contribution in [2.75, 3.05) is 18.6 Å². The molecule has 0 spiro atoms. The Labute approximate surface area is 139 Å². The molecule has 2 aromatic rings. The number of fused-ring (bicyclic) bond motifs is 1. The molecule has 3 rings (SSSR count). The van der Waals surface area contributed by atoms with Gasteiger partial charge in [0.25, 0.3) is 5.91 Å². The fourth-order valence-corrected chi connectivity index (χ4v) is 3.14. The quantitative estimate of drug-likeness (QED) is 0.808. The van der Waals surface area contributed by atoms with Crippen LogP contribution >= 0.6 is 11.6 Å². The molecule has 0 saturated carbocycles. The van der Waals surface area contributed by atoms with Crippen molar-refractivity contribution in [2.24, 2.45) is 0 Å². The molecular weight excluding hydrogens is 314 g/mol. The van der Waals surface area contributed by atoms with Crippen LogP contribution in [0.25, 0.3) is 0 Å². The number of para-hydroxylation sites is 1. The first-order valence-electron chi connectivity index (χ1n) is 7.34. The van der Waals surface area contributed by atoms with E-state index in [0.717, 1.165) is 11.3 Å². The van der Waals surface area contributed by atoms with E-state index in [1.54, 1.807) is 29.2 Å². The van der Waals surface area contributed by atoms with Crippen molar-refractivity contribution in [1.29, 1.82) is 0 Å². The second-order valence-electron chi connectivity index (χ2n) is 5.43. The number of nitrogens with zero attached hydrogens (tertiary/aromatic N) is 1. The highest BCUT2D eigenvalue weighted by molar-refractivity contribution is 6.34. The highest BCUT2D eigenvalue weighted by Gasteiger charge is 2.34. The van der Waals surface area contributed by atoms with Crippen LogP contribution in [0, 0.1) is 0 Å². The lowest BCUT2D eigenvalue weighted by atomic mass is 9.98. The maximum Gasteiger partial charge on any atom is 0.306 e. The molecule has 0 radical (unpaired) electrons. The van der Waals surface area contributed by atoms with Crippen molar-refractivity contribution in [3.05, 3.63) is 64.7 Å². The van der Waals surface area contributed by atoms with Gasteiger partial charge in [0.2, 0.25) is 0 Å². The molecular formula is C18H16ClNO3. The summed E-state index contributed by atoms with van der Waals surface area (Å²) in [6.45, 7) is 0.443. The monoisotopic (exact) mass is 329 g/mol. The van der Waals surface area contributed by atoms with Gasteiger partial charge in [0, 0.05) is 18.2 Å². The Hall–Kier alpha value is -2.33. The van der Waals surface area contributed by atoms with Gasteiger partial charge in [-0.15, -0.1) is 0 Å². The average Bonchev–Trinajstić information content (AvgIpc) is 2.93. The number of esters is 1. The summed E-state index contributed by atoms with van der Waals surface area (Å²) in [5.74, 6) is -0.502. The van der Waals surface area contributed by atoms with Gasteiger partial charge in [-0.2, -0.15) is 0 Å². The van der Waals surface area contributed by atoms with E-state index in [1.165, 1.54) is 7.11 Å². The highest BCUT2D eigenvalue weighted by Crippen LogP contribution is 2.39. The van der Waals surface area contributed by atoms with Crippen LogP contribution in [0.2, 0.25) is 5.02 Å². The molecule has 0 saturated heterocycles. The number of carbonyl (C=O) groups is 2. The molecule has 0 aliphatic carbocycles. The predicted octanol–water partition coefficient (Wildman–Crippen LogP) is 3.65. The zero-order valence-corrected chi connectivity index (χ0v) is 13.4. The maximum atomic E-state index is 12.9. The number of methoxy groups -OCH3 is 1. The van der Waals surface area contributed by atoms with E-state index in [2.05, 4.69) is 0 Å². The van der Waals surface area contributed by atoms with Crippen molar-refractivity contribution >= 4 is 29.2 Å². The predicted molar refractivity (Wildman–Crippen MR) is 88.9 cm³/mol. The van der Waals surface area contributed by atoms with Gasteiger partial charge < -0.3 is 9.64 Å². The Bertz CT molecular complexity index is 759. The second-order valence-corrected chi connectivity index (χ2v) is 5.84. The van der Waals surface area contributed by atoms with Crippen LogP contribution in [0.5, 0.6) is 0 Å². The highest BCUT2D eigenvalue weighted by atomic mass is 35.5. The molecule has 1 heterocycles. The molecule has 118 valence electrons. The van der Waals surface area contributed by atoms with E-state index < -0.39 is 0 Å². The lowest BCUT2D eigenvalue weighted by molar-refractivity contribution is -0.141. The van der Waals surface area contributed by atoms with Gasteiger partial charge in [0.15, 0.2) is 0 Å². The van der Waals surface area contributed by atoms with Crippen molar-refractivity contribution in [2.45, 2.75) is 12.3 Å². The molecule has 0 bridgehead atoms. The molecule has 1 aliphatic rings. The Morgan fingerprint density at radius 2 is 1.87 bits per heavy atom. The van der Waals surface area contributed by atoms with Gasteiger partial charge in [0.1, 0.15) is 0 Å². The zero-order chi connectivity index (χ0) is 16.4. The molecule has 1 atom stereocenters. The van der Waals surface area contributed by atoms with Gasteiger partial charge in [-0.1, -0.05) is 41.9 Å². The van der Waals surface area contributed by atoms with Crippen LogP contribution in [0.1, 0.15) is 28.3 Å². The van der Waals surface area contributed by atoms with Crippen LogP contribution < -0.4 is 4.90 Å². The summed E-state index contributed by atoms with van der Waals surface area (Å²) in [4.78, 5) is 26.2. The summed E-state index contributed by atoms with van der Waals surface area (Å²) in [5.41, 5.74) is 2.27. The van der Waals surface area contributed by atoms with Crippen molar-refractivity contribution < 1.29 is 14.3 Å². The fraction of sp³-hybridized carbons (Fsp3) is 0.222. The maximum absolute atomic E-state index is 12.9. The molecule has 2 aromatic carbocycles. The van der Waals surface area contributed by atoms with Crippen LogP contribution in [0.3, 0.4) is 0 Å². The Morgan fingerprint density at radius 3 is 2.61 bits per heavy atom. The van der Waals surface area contributed by atoms with Crippen molar-refractivity contribution in [3.8, 4) is 0 Å². The van der Waals surface area contributed by atoms with Gasteiger partial charge in [0.05, 0.1) is 24.1 Å². The lowest BCUT2D eigenvalue weighted by Crippen LogP contribution is -2.30. The summed E-state index contributed by atoms with van der Waals surface area (Å²) < 4.78 is 4.76. The third-order valence-electron chi connectivity index (χ3n) is 4.06. The number of rotatable bonds is 3. The van der Waals surface area contributed by atoms with E-state index in [0.29, 0.717) is 17.1 Å². The van der Waals surface area contributed by atoms with Crippen LogP contribution in [-0.4, -0.2) is 25.5 Å². The number of hydrogen-bond acceptors (Lipinski definition) is 3. The molecule has 0 N–H and O–H groups in total. The largest absolute Gasteiger partial charge is 0.469 e. The van der Waals surface area contributed by atoms with Crippen molar-refractivity contribution in [1.82, 2.24) is 0 Å². The molecule has 5 heteroatoms. The Balaban J connectivity index is 1.94. The SMILES string of the molecule is COC(=O)CC1CN(C(=O)c2ccccc2Cl)c2ccccc21. The Morgan fingerprint density at radius 1 is 1.17 bits per heavy atom. The van der Waals surface area contributed by atoms with E-state index in [9.17, 15) is 9.59 Å². The summed E-state index contributed by atoms with van der Waals surface area (Å²) in [6.07, 6.45) is 0.250. The molecule has 1 amide bonds. The van der Waals surface area contributed by atoms with E-state index >= 15 is 0 Å². The van der Waals surface area contributed by atoms with Gasteiger partial charge in [-0.3, -0.25) is 9.59 Å². The standard InChI is InChI=1S/C18H16ClNO3/c1-23-17(21)10-12-11-20(16-9-5-3-6-13(12)16)18(22)14-7-2-4-8-15(14)19/h2-9,12H,10-11H2,1H3. The molecule has 0 fully saturated rings. The Kier molecular flexibility index (Phi) is 4.35. The lowest BCUT2D eigenvalue weighted by Gasteiger charge is -2.18. The third kappa shape index (κ3) is 2.94. The number of benzene rings is 2. The minimum absolute atomic E-state index is 0.0647. The minimum atomic E-state index is -0.281. The molecule has 1 aliphatic heterocycles. The normalized spacial score (nSPS) is 16.1. The van der Waals surface area contributed by atoms with Crippen molar-refractivity contribution in [3.63, 3.8) is 0 Å². The number of hydrogen-bond donors (Lipinski definition) is 0. The molecule has 0 aromatic heterocycles. The van der Waals surface area contributed by atoms with E-state index in [4.69, 9.17) is 16.3 Å². The summed E-state index contributed by atoms with van der Waals surface area (Å²) in [5, 5.41) is 0.423. The molecule has 23 heavy (non-hydrogen) atoms. The van der Waals surface area contributed by atoms with Crippen LogP contribution in [-0.2, 0) is 9.53 Å². The number of amides is 1. The molecule has 4 nitrogen and oxygen atoms in total. The fourth-order valence-electron chi connectivity index (χ4n) is 2.93. The molecule has 1 unspecified atom stereocenters. The number of ether oxygens (including phenoxy) is 1. The van der Waals surface area contributed by atoms with Crippen LogP contribution in [0.4, 0.5) is 5.69 Å². The van der Waals surface area contributed by atoms with Crippen LogP contribution in [0.15, 0.2) is 48.5 Å². The first-order valence-corrected chi connectivity index (χ1v) is 7.71. The smallest absolute Gasteiger partial charge is 0.306 e. The number of carbonyl (C=O) groups excluding carboxylic acids is 2. The summed E-state index contributed by atoms with van der Waals surface area (Å²) >= 11 is 6.15. The average molecular weight is 330 g/mol. The third-order valence-corrected chi connectivity index (χ3v) is 4.39. The first-order chi connectivity index (χ1) is 11.1. The number of halogens is 1. The summed E-state index contributed by atoms with van der Waals surface area (Å²) in [7, 11) is 1.37. The minimum Gasteiger partial charge on any atom is -0.469 e. The first kappa shape index (κ1) is 15.6. The van der Waals surface area contributed by atoms with Gasteiger partial charge >= 0.3 is 5.97 Å². The summed E-state index contributed by atoms with van der Waals surface area (Å²) in [6, 6.07) is 14.6. The van der Waals surface area contributed by atoms with Gasteiger partial charge in [-0.25, -0.2) is 0 Å². The number of anilines is 1. The van der Waals surface area contributed by atoms with Gasteiger partial charge in [-0.05, 0) is 23.8 Å². The van der Waals surface area contributed by atoms with E-state index in [-0.39, 0.29) is 24.2 Å². The topological polar surface area (TPSA) is 46.6 Å². The van der Waals surface area contributed by atoms with E-state index in [1.807, 2.05) is 24.3 Å².